The van der Waals surface area contributed by atoms with E-state index < -0.39 is 18.0 Å². The maximum atomic E-state index is 11.3. The second-order valence-electron chi connectivity index (χ2n) is 9.89. The van der Waals surface area contributed by atoms with Crippen LogP contribution in [0.4, 0.5) is 0 Å². The minimum Gasteiger partial charge on any atom is -0.480 e. The molecule has 0 amide bonds. The van der Waals surface area contributed by atoms with Crippen LogP contribution in [0.5, 0.6) is 0 Å². The van der Waals surface area contributed by atoms with Crippen LogP contribution in [0.1, 0.15) is 12.0 Å². The molecule has 3 N–H and O–H groups in total. The summed E-state index contributed by atoms with van der Waals surface area (Å²) in [6, 6.07) is 10.4. The number of carbonyl (C=O) groups is 2. The molecule has 206 valence electrons. The molecular weight excluding hydrogens is 462 g/mol. The van der Waals surface area contributed by atoms with Crippen LogP contribution >= 0.6 is 0 Å². The molecule has 0 radical (unpaired) electrons. The van der Waals surface area contributed by atoms with Crippen molar-refractivity contribution in [2.45, 2.75) is 18.9 Å². The van der Waals surface area contributed by atoms with Gasteiger partial charge in [0.1, 0.15) is 0 Å². The van der Waals surface area contributed by atoms with Gasteiger partial charge in [-0.2, -0.15) is 0 Å². The fourth-order valence-corrected chi connectivity index (χ4v) is 3.85. The molecule has 0 aromatic heterocycles. The fraction of sp³-hybridized carbons (Fsp3) is 0.692. The molecule has 1 aromatic carbocycles. The van der Waals surface area contributed by atoms with E-state index >= 15 is 0 Å². The summed E-state index contributed by atoms with van der Waals surface area (Å²) in [5, 5.41) is 29.0. The monoisotopic (exact) mass is 509 g/mol. The number of aliphatic hydroxyl groups is 1. The van der Waals surface area contributed by atoms with Gasteiger partial charge in [0.15, 0.2) is 0 Å². The number of hydrogen-bond acceptors (Lipinski definition) is 8. The normalized spacial score (nSPS) is 12.8. The Bertz CT molecular complexity index is 737. The molecule has 1 atom stereocenters. The summed E-state index contributed by atoms with van der Waals surface area (Å²) in [6.07, 6.45) is 1.19. The largest absolute Gasteiger partial charge is 0.480 e. The molecule has 10 nitrogen and oxygen atoms in total. The Morgan fingerprint density at radius 1 is 0.722 bits per heavy atom. The van der Waals surface area contributed by atoms with Gasteiger partial charge in [-0.1, -0.05) is 30.3 Å². The highest BCUT2D eigenvalue weighted by Crippen LogP contribution is 2.03. The quantitative estimate of drug-likeness (QED) is 0.212. The van der Waals surface area contributed by atoms with E-state index in [0.29, 0.717) is 45.7 Å². The molecule has 1 unspecified atom stereocenters. The molecule has 0 saturated heterocycles. The third-order valence-electron chi connectivity index (χ3n) is 6.10. The van der Waals surface area contributed by atoms with Gasteiger partial charge in [-0.15, -0.1) is 0 Å². The average Bonchev–Trinajstić information content (AvgIpc) is 2.81. The highest BCUT2D eigenvalue weighted by atomic mass is 16.4. The average molecular weight is 510 g/mol. The Balaban J connectivity index is 2.39. The highest BCUT2D eigenvalue weighted by Gasteiger charge is 2.16. The van der Waals surface area contributed by atoms with Crippen LogP contribution in [-0.4, -0.2) is 158 Å². The van der Waals surface area contributed by atoms with Gasteiger partial charge in [0, 0.05) is 58.9 Å². The maximum absolute atomic E-state index is 11.3. The van der Waals surface area contributed by atoms with Crippen LogP contribution in [0.2, 0.25) is 0 Å². The number of carboxylic acid groups (broad SMARTS) is 2. The summed E-state index contributed by atoms with van der Waals surface area (Å²) >= 11 is 0. The Hall–Kier alpha value is -2.08. The smallest absolute Gasteiger partial charge is 0.317 e. The number of rotatable bonds is 21. The van der Waals surface area contributed by atoms with Crippen LogP contribution in [0.3, 0.4) is 0 Å². The zero-order chi connectivity index (χ0) is 26.9. The third kappa shape index (κ3) is 16.6. The van der Waals surface area contributed by atoms with Crippen LogP contribution in [0.25, 0.3) is 0 Å². The molecule has 0 heterocycles. The van der Waals surface area contributed by atoms with E-state index in [1.165, 1.54) is 5.56 Å². The topological polar surface area (TPSA) is 111 Å². The van der Waals surface area contributed by atoms with E-state index in [1.54, 1.807) is 0 Å². The first kappa shape index (κ1) is 31.9. The van der Waals surface area contributed by atoms with Crippen LogP contribution in [0.15, 0.2) is 30.3 Å². The summed E-state index contributed by atoms with van der Waals surface area (Å²) in [5.74, 6) is -1.80. The molecule has 36 heavy (non-hydrogen) atoms. The van der Waals surface area contributed by atoms with Gasteiger partial charge < -0.3 is 30.0 Å². The maximum Gasteiger partial charge on any atom is 0.317 e. The molecule has 1 aromatic rings. The van der Waals surface area contributed by atoms with Crippen molar-refractivity contribution in [1.82, 2.24) is 24.5 Å². The number of aliphatic carboxylic acids is 2. The van der Waals surface area contributed by atoms with Crippen molar-refractivity contribution in [2.75, 3.05) is 100 Å². The van der Waals surface area contributed by atoms with E-state index in [1.807, 2.05) is 58.9 Å². The summed E-state index contributed by atoms with van der Waals surface area (Å²) < 4.78 is 0. The van der Waals surface area contributed by atoms with Gasteiger partial charge in [0.2, 0.25) is 0 Å². The van der Waals surface area contributed by atoms with Gasteiger partial charge in [-0.25, -0.2) is 0 Å². The summed E-state index contributed by atoms with van der Waals surface area (Å²) in [4.78, 5) is 32.4. The highest BCUT2D eigenvalue weighted by molar-refractivity contribution is 5.69. The van der Waals surface area contributed by atoms with Gasteiger partial charge in [0.25, 0.3) is 0 Å². The lowest BCUT2D eigenvalue weighted by atomic mass is 10.1. The summed E-state index contributed by atoms with van der Waals surface area (Å²) in [6.45, 7) is 5.51. The lowest BCUT2D eigenvalue weighted by Crippen LogP contribution is -2.44. The predicted molar refractivity (Wildman–Crippen MR) is 142 cm³/mol. The molecule has 10 heteroatoms. The predicted octanol–water partition coefficient (Wildman–Crippen LogP) is 0.179. The van der Waals surface area contributed by atoms with Gasteiger partial charge in [0.05, 0.1) is 19.2 Å². The number of nitrogens with zero attached hydrogens (tertiary/aromatic N) is 5. The van der Waals surface area contributed by atoms with E-state index in [4.69, 9.17) is 0 Å². The SMILES string of the molecule is CN(C)CCN(CCN(CCN(C)CC(O)CCN(C)CCc1ccccc1)CC(=O)O)CC(=O)O. The molecule has 0 aliphatic carbocycles. The van der Waals surface area contributed by atoms with Gasteiger partial charge >= 0.3 is 11.9 Å². The van der Waals surface area contributed by atoms with Crippen LogP contribution in [-0.2, 0) is 16.0 Å². The van der Waals surface area contributed by atoms with E-state index in [0.717, 1.165) is 26.1 Å². The molecule has 0 spiro atoms. The zero-order valence-corrected chi connectivity index (χ0v) is 22.6. The van der Waals surface area contributed by atoms with E-state index in [9.17, 15) is 24.9 Å². The third-order valence-corrected chi connectivity index (χ3v) is 6.10. The lowest BCUT2D eigenvalue weighted by Gasteiger charge is -2.28. The minimum absolute atomic E-state index is 0.0688. The zero-order valence-electron chi connectivity index (χ0n) is 22.6. The van der Waals surface area contributed by atoms with Crippen molar-refractivity contribution in [3.8, 4) is 0 Å². The molecule has 0 fully saturated rings. The number of benzene rings is 1. The van der Waals surface area contributed by atoms with Gasteiger partial charge in [-0.3, -0.25) is 19.4 Å². The first-order valence-electron chi connectivity index (χ1n) is 12.7. The van der Waals surface area contributed by atoms with Crippen LogP contribution < -0.4 is 0 Å². The Kier molecular flexibility index (Phi) is 16.2. The molecule has 0 aliphatic rings. The summed E-state index contributed by atoms with van der Waals surface area (Å²) in [7, 11) is 7.86. The molecule has 0 bridgehead atoms. The van der Waals surface area contributed by atoms with Crippen molar-refractivity contribution >= 4 is 11.9 Å². The molecular formula is C26H47N5O5. The Labute approximate surface area is 216 Å². The number of carboxylic acids is 2. The molecule has 0 aliphatic heterocycles. The lowest BCUT2D eigenvalue weighted by molar-refractivity contribution is -0.140. The van der Waals surface area contributed by atoms with E-state index in [2.05, 4.69) is 24.1 Å². The summed E-state index contributed by atoms with van der Waals surface area (Å²) in [5.41, 5.74) is 1.30. The van der Waals surface area contributed by atoms with Crippen molar-refractivity contribution in [3.05, 3.63) is 35.9 Å². The Morgan fingerprint density at radius 2 is 1.25 bits per heavy atom. The number of aliphatic hydroxyl groups excluding tert-OH is 1. The molecule has 1 rings (SSSR count). The van der Waals surface area contributed by atoms with Crippen molar-refractivity contribution < 1.29 is 24.9 Å². The fourth-order valence-electron chi connectivity index (χ4n) is 3.85. The van der Waals surface area contributed by atoms with Crippen molar-refractivity contribution in [3.63, 3.8) is 0 Å². The first-order chi connectivity index (χ1) is 17.0. The second-order valence-corrected chi connectivity index (χ2v) is 9.89. The standard InChI is InChI=1S/C26H47N5O5/c1-27(2)14-16-30(21-25(33)34)18-19-31(22-26(35)36)17-15-29(4)20-24(32)11-13-28(3)12-10-23-8-6-5-7-9-23/h5-9,24,32H,10-22H2,1-4H3,(H,33,34)(H,35,36). The van der Waals surface area contributed by atoms with E-state index in [-0.39, 0.29) is 13.1 Å². The van der Waals surface area contributed by atoms with Crippen molar-refractivity contribution in [2.24, 2.45) is 0 Å². The van der Waals surface area contributed by atoms with Crippen LogP contribution in [0, 0.1) is 0 Å². The number of hydrogen-bond donors (Lipinski definition) is 3. The second kappa shape index (κ2) is 18.2. The number of likely N-dealkylation sites (N-methyl/N-ethyl adjacent to an activating group) is 3. The Morgan fingerprint density at radius 3 is 1.78 bits per heavy atom. The van der Waals surface area contributed by atoms with Gasteiger partial charge in [-0.05, 0) is 46.6 Å². The minimum atomic E-state index is -0.908. The van der Waals surface area contributed by atoms with Crippen molar-refractivity contribution in [1.29, 1.82) is 0 Å². The molecule has 0 saturated carbocycles. The first-order valence-corrected chi connectivity index (χ1v) is 12.7.